The molecular weight excluding hydrogens is 376 g/mol. The first-order chi connectivity index (χ1) is 14.7. The van der Waals surface area contributed by atoms with Crippen molar-refractivity contribution in [3.05, 3.63) is 23.8 Å². The highest BCUT2D eigenvalue weighted by molar-refractivity contribution is 5.96. The van der Waals surface area contributed by atoms with Gasteiger partial charge in [0.25, 0.3) is 5.91 Å². The van der Waals surface area contributed by atoms with Crippen molar-refractivity contribution < 1.29 is 14.6 Å². The van der Waals surface area contributed by atoms with Crippen molar-refractivity contribution in [1.29, 1.82) is 0 Å². The Balaban J connectivity index is 1.88. The molecule has 0 heterocycles. The number of carbonyl (C=O) groups is 1. The Morgan fingerprint density at radius 3 is 1.73 bits per heavy atom. The van der Waals surface area contributed by atoms with Gasteiger partial charge in [-0.1, -0.05) is 103 Å². The SMILES string of the molecule is CCCCCCCCCCCCCCCCCCOc1ccc(C(=O)NN)c(O)c1. The molecule has 30 heavy (non-hydrogen) atoms. The second kappa shape index (κ2) is 18.1. The number of ether oxygens (including phenoxy) is 1. The van der Waals surface area contributed by atoms with Crippen LogP contribution >= 0.6 is 0 Å². The Morgan fingerprint density at radius 1 is 0.833 bits per heavy atom. The van der Waals surface area contributed by atoms with Crippen molar-refractivity contribution in [2.75, 3.05) is 6.61 Å². The number of phenolic OH excluding ortho intramolecular Hbond substituents is 1. The second-order valence-electron chi connectivity index (χ2n) is 8.30. The van der Waals surface area contributed by atoms with E-state index in [0.29, 0.717) is 12.4 Å². The zero-order valence-electron chi connectivity index (χ0n) is 19.1. The van der Waals surface area contributed by atoms with E-state index in [1.165, 1.54) is 102 Å². The maximum absolute atomic E-state index is 11.4. The summed E-state index contributed by atoms with van der Waals surface area (Å²) in [7, 11) is 0. The molecule has 0 fully saturated rings. The van der Waals surface area contributed by atoms with Gasteiger partial charge in [-0.2, -0.15) is 0 Å². The lowest BCUT2D eigenvalue weighted by atomic mass is 10.0. The summed E-state index contributed by atoms with van der Waals surface area (Å²) in [5.41, 5.74) is 2.15. The van der Waals surface area contributed by atoms with E-state index >= 15 is 0 Å². The van der Waals surface area contributed by atoms with E-state index in [4.69, 9.17) is 10.6 Å². The van der Waals surface area contributed by atoms with E-state index in [9.17, 15) is 9.90 Å². The van der Waals surface area contributed by atoms with E-state index in [1.807, 2.05) is 5.43 Å². The quantitative estimate of drug-likeness (QED) is 0.101. The van der Waals surface area contributed by atoms with Gasteiger partial charge in [0.1, 0.15) is 11.5 Å². The first-order valence-corrected chi connectivity index (χ1v) is 12.2. The zero-order chi connectivity index (χ0) is 21.9. The fourth-order valence-electron chi connectivity index (χ4n) is 3.71. The average Bonchev–Trinajstić information content (AvgIpc) is 2.75. The lowest BCUT2D eigenvalue weighted by molar-refractivity contribution is 0.0951. The Kier molecular flexibility index (Phi) is 15.8. The average molecular weight is 421 g/mol. The molecule has 0 radical (unpaired) electrons. The molecule has 0 bridgehead atoms. The maximum Gasteiger partial charge on any atom is 0.268 e. The monoisotopic (exact) mass is 420 g/mol. The molecule has 0 atom stereocenters. The standard InChI is InChI=1S/C25H44N2O3/c1-2-3-4-5-6-7-8-9-10-11-12-13-14-15-16-17-20-30-22-18-19-23(24(28)21-22)25(29)27-26/h18-19,21,28H,2-17,20,26H2,1H3,(H,27,29). The molecule has 1 rings (SSSR count). The van der Waals surface area contributed by atoms with Crippen molar-refractivity contribution in [2.45, 2.75) is 110 Å². The molecular formula is C25H44N2O3. The molecule has 5 heteroatoms. The van der Waals surface area contributed by atoms with Gasteiger partial charge in [0, 0.05) is 6.07 Å². The van der Waals surface area contributed by atoms with Crippen LogP contribution in [0, 0.1) is 0 Å². The number of hydrogen-bond acceptors (Lipinski definition) is 4. The third kappa shape index (κ3) is 12.7. The number of amides is 1. The summed E-state index contributed by atoms with van der Waals surface area (Å²) in [5.74, 6) is 5.01. The summed E-state index contributed by atoms with van der Waals surface area (Å²) < 4.78 is 5.65. The topological polar surface area (TPSA) is 84.6 Å². The molecule has 172 valence electrons. The molecule has 5 nitrogen and oxygen atoms in total. The lowest BCUT2D eigenvalue weighted by Gasteiger charge is -2.08. The molecule has 0 aliphatic rings. The first kappa shape index (κ1) is 26.3. The maximum atomic E-state index is 11.4. The zero-order valence-corrected chi connectivity index (χ0v) is 19.1. The minimum absolute atomic E-state index is 0.123. The van der Waals surface area contributed by atoms with Gasteiger partial charge in [0.05, 0.1) is 12.2 Å². The van der Waals surface area contributed by atoms with Gasteiger partial charge in [0.2, 0.25) is 0 Å². The van der Waals surface area contributed by atoms with Gasteiger partial charge in [-0.3, -0.25) is 10.2 Å². The van der Waals surface area contributed by atoms with Crippen LogP contribution in [0.4, 0.5) is 0 Å². The molecule has 1 aromatic rings. The predicted molar refractivity (Wildman–Crippen MR) is 125 cm³/mol. The molecule has 1 amide bonds. The van der Waals surface area contributed by atoms with Crippen molar-refractivity contribution in [2.24, 2.45) is 5.84 Å². The van der Waals surface area contributed by atoms with Crippen LogP contribution in [0.2, 0.25) is 0 Å². The van der Waals surface area contributed by atoms with Crippen LogP contribution in [0.15, 0.2) is 18.2 Å². The van der Waals surface area contributed by atoms with Gasteiger partial charge in [-0.15, -0.1) is 0 Å². The van der Waals surface area contributed by atoms with Gasteiger partial charge in [-0.25, -0.2) is 5.84 Å². The first-order valence-electron chi connectivity index (χ1n) is 12.2. The number of aromatic hydroxyl groups is 1. The molecule has 0 unspecified atom stereocenters. The van der Waals surface area contributed by atoms with Crippen LogP contribution in [0.1, 0.15) is 120 Å². The van der Waals surface area contributed by atoms with Gasteiger partial charge in [0.15, 0.2) is 0 Å². The summed E-state index contributed by atoms with van der Waals surface area (Å²) >= 11 is 0. The Bertz CT molecular complexity index is 563. The number of carbonyl (C=O) groups excluding carboxylic acids is 1. The molecule has 4 N–H and O–H groups in total. The predicted octanol–water partition coefficient (Wildman–Crippen LogP) is 6.64. The molecule has 0 saturated heterocycles. The number of nitrogen functional groups attached to an aromatic ring is 1. The third-order valence-electron chi connectivity index (χ3n) is 5.61. The summed E-state index contributed by atoms with van der Waals surface area (Å²) in [6.07, 6.45) is 21.5. The number of benzene rings is 1. The number of nitrogens with two attached hydrogens (primary N) is 1. The van der Waals surface area contributed by atoms with Crippen LogP contribution in [-0.2, 0) is 0 Å². The van der Waals surface area contributed by atoms with Crippen LogP contribution in [0.3, 0.4) is 0 Å². The van der Waals surface area contributed by atoms with Crippen molar-refractivity contribution in [1.82, 2.24) is 5.43 Å². The molecule has 0 saturated carbocycles. The summed E-state index contributed by atoms with van der Waals surface area (Å²) in [5, 5.41) is 9.84. The highest BCUT2D eigenvalue weighted by atomic mass is 16.5. The molecule has 0 aromatic heterocycles. The molecule has 1 aromatic carbocycles. The van der Waals surface area contributed by atoms with Crippen molar-refractivity contribution in [3.8, 4) is 11.5 Å². The Labute approximate surface area is 183 Å². The van der Waals surface area contributed by atoms with Crippen molar-refractivity contribution >= 4 is 5.91 Å². The summed E-state index contributed by atoms with van der Waals surface area (Å²) in [6, 6.07) is 4.65. The highest BCUT2D eigenvalue weighted by Gasteiger charge is 2.10. The van der Waals surface area contributed by atoms with Gasteiger partial charge < -0.3 is 9.84 Å². The van der Waals surface area contributed by atoms with Crippen LogP contribution in [0.5, 0.6) is 11.5 Å². The van der Waals surface area contributed by atoms with Crippen LogP contribution in [-0.4, -0.2) is 17.6 Å². The van der Waals surface area contributed by atoms with E-state index in [-0.39, 0.29) is 11.3 Å². The number of hydrogen-bond donors (Lipinski definition) is 3. The number of unbranched alkanes of at least 4 members (excludes halogenated alkanes) is 15. The normalized spacial score (nSPS) is 10.9. The minimum Gasteiger partial charge on any atom is -0.507 e. The fraction of sp³-hybridized carbons (Fsp3) is 0.720. The largest absolute Gasteiger partial charge is 0.507 e. The van der Waals surface area contributed by atoms with Crippen molar-refractivity contribution in [3.63, 3.8) is 0 Å². The second-order valence-corrected chi connectivity index (χ2v) is 8.30. The number of phenols is 1. The van der Waals surface area contributed by atoms with E-state index in [2.05, 4.69) is 6.92 Å². The third-order valence-corrected chi connectivity index (χ3v) is 5.61. The van der Waals surface area contributed by atoms with E-state index in [1.54, 1.807) is 6.07 Å². The molecule has 0 aliphatic carbocycles. The highest BCUT2D eigenvalue weighted by Crippen LogP contribution is 2.23. The number of hydrazine groups is 1. The smallest absolute Gasteiger partial charge is 0.268 e. The van der Waals surface area contributed by atoms with E-state index < -0.39 is 5.91 Å². The van der Waals surface area contributed by atoms with Gasteiger partial charge in [-0.05, 0) is 18.6 Å². The lowest BCUT2D eigenvalue weighted by Crippen LogP contribution is -2.29. The Morgan fingerprint density at radius 2 is 1.30 bits per heavy atom. The summed E-state index contributed by atoms with van der Waals surface area (Å²) in [6.45, 7) is 2.90. The molecule has 0 spiro atoms. The molecule has 0 aliphatic heterocycles. The Hall–Kier alpha value is -1.75. The van der Waals surface area contributed by atoms with Crippen LogP contribution in [0.25, 0.3) is 0 Å². The summed E-state index contributed by atoms with van der Waals surface area (Å²) in [4.78, 5) is 11.4. The fourth-order valence-corrected chi connectivity index (χ4v) is 3.71. The van der Waals surface area contributed by atoms with Gasteiger partial charge >= 0.3 is 0 Å². The number of nitrogens with one attached hydrogen (secondary N) is 1. The van der Waals surface area contributed by atoms with Crippen LogP contribution < -0.4 is 16.0 Å². The minimum atomic E-state index is -0.517. The number of rotatable bonds is 19. The van der Waals surface area contributed by atoms with E-state index in [0.717, 1.165) is 12.8 Å².